The fourth-order valence-electron chi connectivity index (χ4n) is 3.50. The molecule has 0 bridgehead atoms. The highest BCUT2D eigenvalue weighted by atomic mass is 16.7. The van der Waals surface area contributed by atoms with Crippen molar-refractivity contribution >= 4 is 5.91 Å². The Bertz CT molecular complexity index is 802. The van der Waals surface area contributed by atoms with Crippen molar-refractivity contribution in [1.82, 2.24) is 15.1 Å². The van der Waals surface area contributed by atoms with Gasteiger partial charge in [0.15, 0.2) is 11.5 Å². The van der Waals surface area contributed by atoms with Gasteiger partial charge in [0.05, 0.1) is 11.6 Å². The number of aromatic nitrogens is 2. The molecule has 138 valence electrons. The van der Waals surface area contributed by atoms with Crippen LogP contribution in [0, 0.1) is 5.92 Å². The van der Waals surface area contributed by atoms with Crippen molar-refractivity contribution in [2.24, 2.45) is 5.92 Å². The summed E-state index contributed by atoms with van der Waals surface area (Å²) in [4.78, 5) is 12.8. The number of ether oxygens (including phenoxy) is 3. The van der Waals surface area contributed by atoms with Crippen LogP contribution in [0.25, 0.3) is 0 Å². The van der Waals surface area contributed by atoms with E-state index in [2.05, 4.69) is 24.3 Å². The summed E-state index contributed by atoms with van der Waals surface area (Å²) in [6.45, 7) is 5.41. The lowest BCUT2D eigenvalue weighted by Gasteiger charge is -2.21. The van der Waals surface area contributed by atoms with E-state index < -0.39 is 0 Å². The minimum Gasteiger partial charge on any atom is -0.454 e. The summed E-state index contributed by atoms with van der Waals surface area (Å²) >= 11 is 0. The number of benzene rings is 1. The first kappa shape index (κ1) is 16.9. The molecule has 0 saturated carbocycles. The molecule has 7 nitrogen and oxygen atoms in total. The molecule has 1 aromatic carbocycles. The first-order valence-electron chi connectivity index (χ1n) is 8.94. The average Bonchev–Trinajstić information content (AvgIpc) is 3.38. The average molecular weight is 357 g/mol. The third kappa shape index (κ3) is 3.14. The summed E-state index contributed by atoms with van der Waals surface area (Å²) in [7, 11) is 0. The molecule has 3 heterocycles. The summed E-state index contributed by atoms with van der Waals surface area (Å²) in [5.74, 6) is 1.26. The molecule has 1 saturated heterocycles. The molecule has 1 amide bonds. The van der Waals surface area contributed by atoms with Crippen molar-refractivity contribution in [1.29, 1.82) is 0 Å². The van der Waals surface area contributed by atoms with Crippen LogP contribution in [0.5, 0.6) is 11.5 Å². The molecule has 0 unspecified atom stereocenters. The Morgan fingerprint density at radius 2 is 2.15 bits per heavy atom. The van der Waals surface area contributed by atoms with Crippen molar-refractivity contribution in [3.63, 3.8) is 0 Å². The van der Waals surface area contributed by atoms with Crippen LogP contribution in [0.15, 0.2) is 30.5 Å². The summed E-state index contributed by atoms with van der Waals surface area (Å²) in [5.41, 5.74) is 1.94. The van der Waals surface area contributed by atoms with Gasteiger partial charge in [-0.3, -0.25) is 9.48 Å². The Labute approximate surface area is 152 Å². The third-order valence-corrected chi connectivity index (χ3v) is 4.81. The molecule has 1 fully saturated rings. The van der Waals surface area contributed by atoms with Gasteiger partial charge in [-0.1, -0.05) is 6.07 Å². The number of hydrogen-bond donors (Lipinski definition) is 1. The van der Waals surface area contributed by atoms with Crippen LogP contribution in [0.4, 0.5) is 0 Å². The largest absolute Gasteiger partial charge is 0.454 e. The number of nitrogens with one attached hydrogen (secondary N) is 1. The van der Waals surface area contributed by atoms with Crippen LogP contribution < -0.4 is 14.8 Å². The monoisotopic (exact) mass is 357 g/mol. The summed E-state index contributed by atoms with van der Waals surface area (Å²) < 4.78 is 18.5. The van der Waals surface area contributed by atoms with E-state index in [4.69, 9.17) is 14.2 Å². The van der Waals surface area contributed by atoms with E-state index in [0.29, 0.717) is 19.6 Å². The van der Waals surface area contributed by atoms with Crippen molar-refractivity contribution < 1.29 is 19.0 Å². The van der Waals surface area contributed by atoms with Crippen LogP contribution >= 0.6 is 0 Å². The Morgan fingerprint density at radius 1 is 1.31 bits per heavy atom. The van der Waals surface area contributed by atoms with E-state index in [1.807, 2.05) is 28.9 Å². The van der Waals surface area contributed by atoms with Crippen molar-refractivity contribution in [3.8, 4) is 11.5 Å². The van der Waals surface area contributed by atoms with Gasteiger partial charge in [0.2, 0.25) is 12.7 Å². The molecule has 2 aliphatic heterocycles. The van der Waals surface area contributed by atoms with Crippen LogP contribution in [0.2, 0.25) is 0 Å². The van der Waals surface area contributed by atoms with Crippen LogP contribution in [0.1, 0.15) is 43.7 Å². The first-order chi connectivity index (χ1) is 12.6. The Morgan fingerprint density at radius 3 is 3.00 bits per heavy atom. The second-order valence-electron chi connectivity index (χ2n) is 6.89. The molecular formula is C19H23N3O4. The molecule has 4 rings (SSSR count). The number of carbonyl (C=O) groups excluding carboxylic acids is 1. The number of rotatable bonds is 5. The van der Waals surface area contributed by atoms with Crippen molar-refractivity contribution in [2.75, 3.05) is 13.4 Å². The second-order valence-corrected chi connectivity index (χ2v) is 6.89. The van der Waals surface area contributed by atoms with Gasteiger partial charge in [0.25, 0.3) is 0 Å². The highest BCUT2D eigenvalue weighted by molar-refractivity contribution is 5.79. The smallest absolute Gasteiger partial charge is 0.231 e. The lowest BCUT2D eigenvalue weighted by molar-refractivity contribution is -0.127. The van der Waals surface area contributed by atoms with Gasteiger partial charge in [0, 0.05) is 25.4 Å². The third-order valence-electron chi connectivity index (χ3n) is 4.81. The molecule has 0 spiro atoms. The van der Waals surface area contributed by atoms with Gasteiger partial charge in [-0.05, 0) is 44.0 Å². The lowest BCUT2D eigenvalue weighted by atomic mass is 9.97. The molecule has 7 heteroatoms. The maximum absolute atomic E-state index is 12.8. The number of carbonyl (C=O) groups is 1. The molecule has 26 heavy (non-hydrogen) atoms. The standard InChI is InChI=1S/C19H23N3O4/c1-12(2)22-15(5-7-21-22)18-14(6-8-24-18)19(23)20-10-13-3-4-16-17(9-13)26-11-25-16/h3-5,7,9,12,14,18H,6,8,10-11H2,1-2H3,(H,20,23)/t14-,18-/m0/s1. The van der Waals surface area contributed by atoms with Gasteiger partial charge < -0.3 is 19.5 Å². The first-order valence-corrected chi connectivity index (χ1v) is 8.94. The SMILES string of the molecule is CC(C)n1nccc1[C@H]1OCC[C@@H]1C(=O)NCc1ccc2c(c1)OCO2. The Hall–Kier alpha value is -2.54. The molecule has 0 aliphatic carbocycles. The van der Waals surface area contributed by atoms with E-state index >= 15 is 0 Å². The summed E-state index contributed by atoms with van der Waals surface area (Å²) in [6.07, 6.45) is 2.22. The maximum Gasteiger partial charge on any atom is 0.231 e. The van der Waals surface area contributed by atoms with Gasteiger partial charge in [0.1, 0.15) is 6.10 Å². The van der Waals surface area contributed by atoms with Gasteiger partial charge in [-0.15, -0.1) is 0 Å². The van der Waals surface area contributed by atoms with Crippen molar-refractivity contribution in [3.05, 3.63) is 41.7 Å². The summed E-state index contributed by atoms with van der Waals surface area (Å²) in [5, 5.41) is 7.39. The lowest BCUT2D eigenvalue weighted by Crippen LogP contribution is -2.32. The molecular weight excluding hydrogens is 334 g/mol. The van der Waals surface area contributed by atoms with Crippen LogP contribution in [-0.2, 0) is 16.1 Å². The van der Waals surface area contributed by atoms with Gasteiger partial charge >= 0.3 is 0 Å². The van der Waals surface area contributed by atoms with Crippen molar-refractivity contribution in [2.45, 2.75) is 39.0 Å². The number of hydrogen-bond acceptors (Lipinski definition) is 5. The topological polar surface area (TPSA) is 74.6 Å². The zero-order chi connectivity index (χ0) is 18.1. The predicted molar refractivity (Wildman–Crippen MR) is 93.8 cm³/mol. The molecule has 2 aromatic rings. The predicted octanol–water partition coefficient (Wildman–Crippen LogP) is 2.59. The minimum absolute atomic E-state index is 0.00155. The van der Waals surface area contributed by atoms with Gasteiger partial charge in [-0.2, -0.15) is 5.10 Å². The molecule has 2 atom stereocenters. The van der Waals surface area contributed by atoms with E-state index in [0.717, 1.165) is 22.8 Å². The zero-order valence-electron chi connectivity index (χ0n) is 15.0. The van der Waals surface area contributed by atoms with E-state index in [1.165, 1.54) is 0 Å². The van der Waals surface area contributed by atoms with E-state index in [1.54, 1.807) is 6.20 Å². The number of fused-ring (bicyclic) bond motifs is 1. The summed E-state index contributed by atoms with van der Waals surface area (Å²) in [6, 6.07) is 7.87. The molecule has 2 aliphatic rings. The molecule has 1 N–H and O–H groups in total. The normalized spacial score (nSPS) is 21.3. The number of amides is 1. The van der Waals surface area contributed by atoms with E-state index in [-0.39, 0.29) is 30.8 Å². The fourth-order valence-corrected chi connectivity index (χ4v) is 3.50. The van der Waals surface area contributed by atoms with Gasteiger partial charge in [-0.25, -0.2) is 0 Å². The zero-order valence-corrected chi connectivity index (χ0v) is 15.0. The quantitative estimate of drug-likeness (QED) is 0.890. The molecule has 0 radical (unpaired) electrons. The molecule has 1 aromatic heterocycles. The minimum atomic E-state index is -0.253. The van der Waals surface area contributed by atoms with E-state index in [9.17, 15) is 4.79 Å². The Balaban J connectivity index is 1.43. The Kier molecular flexibility index (Phi) is 4.55. The number of nitrogens with zero attached hydrogens (tertiary/aromatic N) is 2. The van der Waals surface area contributed by atoms with Crippen LogP contribution in [0.3, 0.4) is 0 Å². The maximum atomic E-state index is 12.8. The highest BCUT2D eigenvalue weighted by Gasteiger charge is 2.37. The fraction of sp³-hybridized carbons (Fsp3) is 0.474. The second kappa shape index (κ2) is 6.99. The highest BCUT2D eigenvalue weighted by Crippen LogP contribution is 2.36. The van der Waals surface area contributed by atoms with Crippen LogP contribution in [-0.4, -0.2) is 29.1 Å².